The molecule has 0 heterocycles. The van der Waals surface area contributed by atoms with E-state index in [1.165, 1.54) is 4.90 Å². The highest BCUT2D eigenvalue weighted by Crippen LogP contribution is 2.30. The van der Waals surface area contributed by atoms with E-state index in [-0.39, 0.29) is 25.0 Å². The molecule has 0 spiro atoms. The second-order valence-corrected chi connectivity index (χ2v) is 5.30. The first-order valence-corrected chi connectivity index (χ1v) is 7.34. The number of aliphatic carboxylic acids is 1. The van der Waals surface area contributed by atoms with Crippen LogP contribution in [0.3, 0.4) is 0 Å². The van der Waals surface area contributed by atoms with Gasteiger partial charge in [-0.05, 0) is 31.9 Å². The number of carboxylic acid groups (broad SMARTS) is 1. The van der Waals surface area contributed by atoms with Crippen molar-refractivity contribution in [2.45, 2.75) is 38.3 Å². The Hall–Kier alpha value is -2.24. The Bertz CT molecular complexity index is 541. The van der Waals surface area contributed by atoms with Gasteiger partial charge in [0.2, 0.25) is 5.91 Å². The fourth-order valence-electron chi connectivity index (χ4n) is 2.32. The summed E-state index contributed by atoms with van der Waals surface area (Å²) in [4.78, 5) is 24.8. The summed E-state index contributed by atoms with van der Waals surface area (Å²) >= 11 is 0. The van der Waals surface area contributed by atoms with E-state index in [1.54, 1.807) is 26.2 Å². The molecule has 6 nitrogen and oxygen atoms in total. The van der Waals surface area contributed by atoms with E-state index >= 15 is 0 Å². The van der Waals surface area contributed by atoms with Crippen LogP contribution in [0.5, 0.6) is 11.5 Å². The fourth-order valence-corrected chi connectivity index (χ4v) is 2.32. The fraction of sp³-hybridized carbons (Fsp3) is 0.500. The first-order chi connectivity index (χ1) is 10.5. The third kappa shape index (κ3) is 3.90. The van der Waals surface area contributed by atoms with Gasteiger partial charge in [0.05, 0.1) is 20.1 Å². The molecule has 0 saturated heterocycles. The summed E-state index contributed by atoms with van der Waals surface area (Å²) in [5.41, 5.74) is 0. The quantitative estimate of drug-likeness (QED) is 0.794. The number of carbonyl (C=O) groups is 2. The van der Waals surface area contributed by atoms with Gasteiger partial charge >= 0.3 is 5.97 Å². The number of rotatable bonds is 8. The van der Waals surface area contributed by atoms with E-state index in [9.17, 15) is 9.59 Å². The molecule has 0 bridgehead atoms. The summed E-state index contributed by atoms with van der Waals surface area (Å²) in [6.45, 7) is 1.73. The van der Waals surface area contributed by atoms with Crippen LogP contribution >= 0.6 is 0 Å². The summed E-state index contributed by atoms with van der Waals surface area (Å²) in [6.07, 6.45) is 1.89. The largest absolute Gasteiger partial charge is 0.493 e. The van der Waals surface area contributed by atoms with Crippen molar-refractivity contribution >= 4 is 11.9 Å². The van der Waals surface area contributed by atoms with Crippen LogP contribution in [0, 0.1) is 0 Å². The molecule has 1 fully saturated rings. The van der Waals surface area contributed by atoms with E-state index in [0.29, 0.717) is 11.5 Å². The van der Waals surface area contributed by atoms with E-state index in [4.69, 9.17) is 14.6 Å². The molecule has 1 amide bonds. The number of methoxy groups -OCH3 is 1. The van der Waals surface area contributed by atoms with E-state index < -0.39 is 12.0 Å². The molecule has 6 heteroatoms. The Labute approximate surface area is 129 Å². The number of carbonyl (C=O) groups excluding carboxylic acids is 1. The number of nitrogens with zero attached hydrogens (tertiary/aromatic N) is 1. The van der Waals surface area contributed by atoms with Gasteiger partial charge in [-0.3, -0.25) is 4.79 Å². The Morgan fingerprint density at radius 2 is 1.95 bits per heavy atom. The van der Waals surface area contributed by atoms with E-state index in [2.05, 4.69) is 0 Å². The van der Waals surface area contributed by atoms with Crippen molar-refractivity contribution in [3.05, 3.63) is 24.3 Å². The SMILES string of the molecule is COc1ccccc1OCCC(=O)N(C1CC1)C(C)C(=O)O. The molecule has 1 aliphatic rings. The Morgan fingerprint density at radius 3 is 2.50 bits per heavy atom. The third-order valence-electron chi connectivity index (χ3n) is 3.65. The van der Waals surface area contributed by atoms with Crippen LogP contribution in [0.2, 0.25) is 0 Å². The van der Waals surface area contributed by atoms with Gasteiger partial charge in [-0.25, -0.2) is 4.79 Å². The first kappa shape index (κ1) is 16.1. The molecule has 1 unspecified atom stereocenters. The molecule has 1 aromatic rings. The number of para-hydroxylation sites is 2. The molecule has 22 heavy (non-hydrogen) atoms. The molecule has 0 radical (unpaired) electrons. The van der Waals surface area contributed by atoms with Gasteiger partial charge in [0.1, 0.15) is 6.04 Å². The Morgan fingerprint density at radius 1 is 1.32 bits per heavy atom. The number of benzene rings is 1. The third-order valence-corrected chi connectivity index (χ3v) is 3.65. The lowest BCUT2D eigenvalue weighted by Crippen LogP contribution is -2.45. The predicted molar refractivity (Wildman–Crippen MR) is 80.1 cm³/mol. The lowest BCUT2D eigenvalue weighted by atomic mass is 10.2. The van der Waals surface area contributed by atoms with Crippen molar-refractivity contribution in [3.8, 4) is 11.5 Å². The predicted octanol–water partition coefficient (Wildman–Crippen LogP) is 1.93. The Kier molecular flexibility index (Phi) is 5.25. The maximum atomic E-state index is 12.3. The average molecular weight is 307 g/mol. The molecular weight excluding hydrogens is 286 g/mol. The van der Waals surface area contributed by atoms with Crippen molar-refractivity contribution in [2.75, 3.05) is 13.7 Å². The molecule has 120 valence electrons. The van der Waals surface area contributed by atoms with Gasteiger partial charge in [0.25, 0.3) is 0 Å². The summed E-state index contributed by atoms with van der Waals surface area (Å²) in [5, 5.41) is 9.11. The summed E-state index contributed by atoms with van der Waals surface area (Å²) in [7, 11) is 1.55. The molecule has 2 rings (SSSR count). The number of carboxylic acids is 1. The smallest absolute Gasteiger partial charge is 0.326 e. The van der Waals surface area contributed by atoms with Crippen LogP contribution in [0.1, 0.15) is 26.2 Å². The zero-order valence-electron chi connectivity index (χ0n) is 12.8. The minimum atomic E-state index is -0.981. The normalized spacial score (nSPS) is 15.0. The molecule has 0 aromatic heterocycles. The second kappa shape index (κ2) is 7.15. The highest BCUT2D eigenvalue weighted by Gasteiger charge is 2.38. The van der Waals surface area contributed by atoms with Gasteiger partial charge in [-0.2, -0.15) is 0 Å². The zero-order valence-corrected chi connectivity index (χ0v) is 12.8. The highest BCUT2D eigenvalue weighted by atomic mass is 16.5. The van der Waals surface area contributed by atoms with Crippen molar-refractivity contribution in [1.82, 2.24) is 4.90 Å². The van der Waals surface area contributed by atoms with Crippen molar-refractivity contribution in [1.29, 1.82) is 0 Å². The highest BCUT2D eigenvalue weighted by molar-refractivity contribution is 5.84. The molecule has 1 N–H and O–H groups in total. The molecule has 1 aliphatic carbocycles. The molecule has 0 aliphatic heterocycles. The van der Waals surface area contributed by atoms with Gasteiger partial charge in [-0.1, -0.05) is 12.1 Å². The maximum absolute atomic E-state index is 12.3. The van der Waals surface area contributed by atoms with Crippen LogP contribution in [0.25, 0.3) is 0 Å². The minimum absolute atomic E-state index is 0.0601. The topological polar surface area (TPSA) is 76.1 Å². The summed E-state index contributed by atoms with van der Waals surface area (Å²) in [5.74, 6) is 0.00755. The van der Waals surface area contributed by atoms with Crippen molar-refractivity contribution in [3.63, 3.8) is 0 Å². The van der Waals surface area contributed by atoms with Gasteiger partial charge in [-0.15, -0.1) is 0 Å². The van der Waals surface area contributed by atoms with Crippen LogP contribution in [0.15, 0.2) is 24.3 Å². The van der Waals surface area contributed by atoms with Crippen LogP contribution in [-0.4, -0.2) is 47.7 Å². The van der Waals surface area contributed by atoms with E-state index in [0.717, 1.165) is 12.8 Å². The lowest BCUT2D eigenvalue weighted by Gasteiger charge is -2.26. The summed E-state index contributed by atoms with van der Waals surface area (Å²) < 4.78 is 10.7. The van der Waals surface area contributed by atoms with Gasteiger partial charge in [0, 0.05) is 6.04 Å². The molecule has 1 saturated carbocycles. The standard InChI is InChI=1S/C16H21NO5/c1-11(16(19)20)17(12-7-8-12)15(18)9-10-22-14-6-4-3-5-13(14)21-2/h3-6,11-12H,7-10H2,1-2H3,(H,19,20). The van der Waals surface area contributed by atoms with Gasteiger partial charge < -0.3 is 19.5 Å². The van der Waals surface area contributed by atoms with E-state index in [1.807, 2.05) is 12.1 Å². The number of ether oxygens (including phenoxy) is 2. The minimum Gasteiger partial charge on any atom is -0.493 e. The second-order valence-electron chi connectivity index (χ2n) is 5.30. The number of hydrogen-bond donors (Lipinski definition) is 1. The monoisotopic (exact) mass is 307 g/mol. The lowest BCUT2D eigenvalue weighted by molar-refractivity contribution is -0.150. The van der Waals surface area contributed by atoms with Crippen molar-refractivity contribution < 1.29 is 24.2 Å². The van der Waals surface area contributed by atoms with Crippen LogP contribution in [-0.2, 0) is 9.59 Å². The van der Waals surface area contributed by atoms with Crippen LogP contribution in [0.4, 0.5) is 0 Å². The number of hydrogen-bond acceptors (Lipinski definition) is 4. The zero-order chi connectivity index (χ0) is 16.1. The van der Waals surface area contributed by atoms with Crippen LogP contribution < -0.4 is 9.47 Å². The molecule has 1 aromatic carbocycles. The molecule has 1 atom stereocenters. The average Bonchev–Trinajstić information content (AvgIpc) is 3.32. The maximum Gasteiger partial charge on any atom is 0.326 e. The molecular formula is C16H21NO5. The number of amides is 1. The van der Waals surface area contributed by atoms with Gasteiger partial charge in [0.15, 0.2) is 11.5 Å². The first-order valence-electron chi connectivity index (χ1n) is 7.34. The Balaban J connectivity index is 1.90. The van der Waals surface area contributed by atoms with Crippen molar-refractivity contribution in [2.24, 2.45) is 0 Å². The summed E-state index contributed by atoms with van der Waals surface area (Å²) in [6, 6.07) is 6.46.